The number of rotatable bonds is 8. The lowest BCUT2D eigenvalue weighted by Gasteiger charge is -2.29. The number of nitrogens with two attached hydrogens (primary N) is 1. The fourth-order valence-electron chi connectivity index (χ4n) is 2.20. The minimum Gasteiger partial charge on any atom is -0.494 e. The molecule has 0 aliphatic heterocycles. The zero-order valence-electron chi connectivity index (χ0n) is 12.7. The lowest BCUT2D eigenvalue weighted by Crippen LogP contribution is -2.32. The van der Waals surface area contributed by atoms with Crippen LogP contribution in [0, 0.1) is 5.92 Å². The molecule has 1 aromatic rings. The molecule has 0 bridgehead atoms. The molecule has 0 radical (unpaired) electrons. The van der Waals surface area contributed by atoms with Gasteiger partial charge in [0.05, 0.1) is 12.6 Å². The van der Waals surface area contributed by atoms with Crippen molar-refractivity contribution in [3.63, 3.8) is 0 Å². The molecule has 0 saturated heterocycles. The van der Waals surface area contributed by atoms with Crippen molar-refractivity contribution in [1.29, 1.82) is 0 Å². The monoisotopic (exact) mass is 264 g/mol. The molecule has 0 aliphatic rings. The topological polar surface area (TPSA) is 38.5 Å². The highest BCUT2D eigenvalue weighted by Gasteiger charge is 2.19. The van der Waals surface area contributed by atoms with Gasteiger partial charge in [0.2, 0.25) is 0 Å². The van der Waals surface area contributed by atoms with Crippen molar-refractivity contribution in [3.05, 3.63) is 29.8 Å². The molecule has 1 rings (SSSR count). The molecule has 19 heavy (non-hydrogen) atoms. The SMILES string of the molecule is CCOc1ccccc1C(CN)N(C)CCC(C)C. The van der Waals surface area contributed by atoms with Gasteiger partial charge in [-0.2, -0.15) is 0 Å². The van der Waals surface area contributed by atoms with E-state index < -0.39 is 0 Å². The first-order valence-corrected chi connectivity index (χ1v) is 7.22. The van der Waals surface area contributed by atoms with Crippen molar-refractivity contribution in [2.24, 2.45) is 11.7 Å². The Morgan fingerprint density at radius 3 is 2.53 bits per heavy atom. The highest BCUT2D eigenvalue weighted by Crippen LogP contribution is 2.28. The number of benzene rings is 1. The largest absolute Gasteiger partial charge is 0.494 e. The predicted molar refractivity (Wildman–Crippen MR) is 81.5 cm³/mol. The minimum absolute atomic E-state index is 0.224. The summed E-state index contributed by atoms with van der Waals surface area (Å²) in [6, 6.07) is 8.43. The smallest absolute Gasteiger partial charge is 0.124 e. The van der Waals surface area contributed by atoms with Gasteiger partial charge in [-0.15, -0.1) is 0 Å². The molecule has 3 nitrogen and oxygen atoms in total. The van der Waals surface area contributed by atoms with Crippen LogP contribution in [0.1, 0.15) is 38.8 Å². The molecule has 1 aromatic carbocycles. The van der Waals surface area contributed by atoms with Crippen LogP contribution in [-0.4, -0.2) is 31.6 Å². The highest BCUT2D eigenvalue weighted by molar-refractivity contribution is 5.36. The normalized spacial score (nSPS) is 13.0. The van der Waals surface area contributed by atoms with Gasteiger partial charge in [0, 0.05) is 12.1 Å². The number of nitrogens with zero attached hydrogens (tertiary/aromatic N) is 1. The van der Waals surface area contributed by atoms with Crippen LogP contribution >= 0.6 is 0 Å². The van der Waals surface area contributed by atoms with Gasteiger partial charge in [0.25, 0.3) is 0 Å². The number of para-hydroxylation sites is 1. The van der Waals surface area contributed by atoms with Crippen LogP contribution < -0.4 is 10.5 Å². The van der Waals surface area contributed by atoms with Crippen LogP contribution in [-0.2, 0) is 0 Å². The second-order valence-electron chi connectivity index (χ2n) is 5.39. The number of hydrogen-bond acceptors (Lipinski definition) is 3. The third-order valence-corrected chi connectivity index (χ3v) is 3.39. The fraction of sp³-hybridized carbons (Fsp3) is 0.625. The Morgan fingerprint density at radius 1 is 1.26 bits per heavy atom. The van der Waals surface area contributed by atoms with Gasteiger partial charge in [-0.05, 0) is 38.9 Å². The standard InChI is InChI=1S/C16H28N2O/c1-5-19-16-9-7-6-8-14(16)15(12-17)18(4)11-10-13(2)3/h6-9,13,15H,5,10-12,17H2,1-4H3. The van der Waals surface area contributed by atoms with Crippen LogP contribution in [0.2, 0.25) is 0 Å². The molecule has 3 heteroatoms. The Morgan fingerprint density at radius 2 is 1.95 bits per heavy atom. The Bertz CT molecular complexity index is 366. The molecule has 0 saturated carbocycles. The predicted octanol–water partition coefficient (Wildman–Crippen LogP) is 3.06. The first kappa shape index (κ1) is 16.0. The third kappa shape index (κ3) is 4.84. The van der Waals surface area contributed by atoms with Crippen molar-refractivity contribution in [2.75, 3.05) is 26.7 Å². The second-order valence-corrected chi connectivity index (χ2v) is 5.39. The molecule has 1 atom stereocenters. The van der Waals surface area contributed by atoms with E-state index in [1.54, 1.807) is 0 Å². The molecule has 0 amide bonds. The zero-order valence-corrected chi connectivity index (χ0v) is 12.7. The van der Waals surface area contributed by atoms with Crippen LogP contribution in [0.5, 0.6) is 5.75 Å². The fourth-order valence-corrected chi connectivity index (χ4v) is 2.20. The molecular weight excluding hydrogens is 236 g/mol. The summed E-state index contributed by atoms with van der Waals surface area (Å²) in [5.41, 5.74) is 7.17. The molecule has 0 aliphatic carbocycles. The Labute approximate surface area is 117 Å². The number of hydrogen-bond donors (Lipinski definition) is 1. The maximum Gasteiger partial charge on any atom is 0.124 e. The highest BCUT2D eigenvalue weighted by atomic mass is 16.5. The van der Waals surface area contributed by atoms with E-state index >= 15 is 0 Å². The number of likely N-dealkylation sites (N-methyl/N-ethyl adjacent to an activating group) is 1. The summed E-state index contributed by atoms with van der Waals surface area (Å²) in [5.74, 6) is 1.67. The minimum atomic E-state index is 0.224. The molecule has 0 spiro atoms. The van der Waals surface area contributed by atoms with Gasteiger partial charge in [0.1, 0.15) is 5.75 Å². The van der Waals surface area contributed by atoms with E-state index in [1.165, 1.54) is 12.0 Å². The van der Waals surface area contributed by atoms with E-state index in [9.17, 15) is 0 Å². The van der Waals surface area contributed by atoms with Crippen molar-refractivity contribution < 1.29 is 4.74 Å². The van der Waals surface area contributed by atoms with Crippen molar-refractivity contribution in [2.45, 2.75) is 33.2 Å². The first-order chi connectivity index (χ1) is 9.10. The summed E-state index contributed by atoms with van der Waals surface area (Å²) in [7, 11) is 2.14. The van der Waals surface area contributed by atoms with Gasteiger partial charge in [0.15, 0.2) is 0 Å². The number of ether oxygens (including phenoxy) is 1. The molecule has 2 N–H and O–H groups in total. The third-order valence-electron chi connectivity index (χ3n) is 3.39. The molecular formula is C16H28N2O. The Kier molecular flexibility index (Phi) is 6.89. The van der Waals surface area contributed by atoms with Gasteiger partial charge in [-0.25, -0.2) is 0 Å². The van der Waals surface area contributed by atoms with Crippen LogP contribution in [0.4, 0.5) is 0 Å². The van der Waals surface area contributed by atoms with Gasteiger partial charge >= 0.3 is 0 Å². The molecule has 0 fully saturated rings. The molecule has 1 unspecified atom stereocenters. The van der Waals surface area contributed by atoms with Gasteiger partial charge < -0.3 is 10.5 Å². The van der Waals surface area contributed by atoms with E-state index in [-0.39, 0.29) is 6.04 Å². The second kappa shape index (κ2) is 8.18. The molecule has 0 heterocycles. The molecule has 0 aromatic heterocycles. The maximum absolute atomic E-state index is 5.98. The van der Waals surface area contributed by atoms with Crippen LogP contribution in [0.3, 0.4) is 0 Å². The summed E-state index contributed by atoms with van der Waals surface area (Å²) in [5, 5.41) is 0. The van der Waals surface area contributed by atoms with Gasteiger partial charge in [-0.1, -0.05) is 32.0 Å². The van der Waals surface area contributed by atoms with Crippen molar-refractivity contribution in [3.8, 4) is 5.75 Å². The lowest BCUT2D eigenvalue weighted by molar-refractivity contribution is 0.228. The van der Waals surface area contributed by atoms with E-state index in [0.29, 0.717) is 19.1 Å². The quantitative estimate of drug-likeness (QED) is 0.784. The van der Waals surface area contributed by atoms with E-state index in [1.807, 2.05) is 19.1 Å². The maximum atomic E-state index is 5.98. The summed E-state index contributed by atoms with van der Waals surface area (Å²) >= 11 is 0. The van der Waals surface area contributed by atoms with Crippen molar-refractivity contribution in [1.82, 2.24) is 4.90 Å². The van der Waals surface area contributed by atoms with E-state index in [0.717, 1.165) is 12.3 Å². The van der Waals surface area contributed by atoms with Crippen LogP contribution in [0.15, 0.2) is 24.3 Å². The van der Waals surface area contributed by atoms with Gasteiger partial charge in [-0.3, -0.25) is 4.90 Å². The summed E-state index contributed by atoms with van der Waals surface area (Å²) in [4.78, 5) is 2.33. The van der Waals surface area contributed by atoms with Crippen LogP contribution in [0.25, 0.3) is 0 Å². The molecule has 108 valence electrons. The summed E-state index contributed by atoms with van der Waals surface area (Å²) < 4.78 is 5.71. The van der Waals surface area contributed by atoms with E-state index in [4.69, 9.17) is 10.5 Å². The zero-order chi connectivity index (χ0) is 14.3. The summed E-state index contributed by atoms with van der Waals surface area (Å²) in [6.45, 7) is 8.86. The Balaban J connectivity index is 2.83. The Hall–Kier alpha value is -1.06. The van der Waals surface area contributed by atoms with Crippen molar-refractivity contribution >= 4 is 0 Å². The average Bonchev–Trinajstić information content (AvgIpc) is 2.39. The lowest BCUT2D eigenvalue weighted by atomic mass is 10.0. The average molecular weight is 264 g/mol. The first-order valence-electron chi connectivity index (χ1n) is 7.22. The summed E-state index contributed by atoms with van der Waals surface area (Å²) in [6.07, 6.45) is 1.18. The van der Waals surface area contributed by atoms with E-state index in [2.05, 4.69) is 37.9 Å².